The first-order chi connectivity index (χ1) is 9.00. The number of nitrogens with zero attached hydrogens (tertiary/aromatic N) is 1. The van der Waals surface area contributed by atoms with Crippen LogP contribution < -0.4 is 0 Å². The largest absolute Gasteiger partial charge is 0.464 e. The van der Waals surface area contributed by atoms with Gasteiger partial charge in [0.05, 0.1) is 13.2 Å². The third-order valence-electron chi connectivity index (χ3n) is 3.31. The van der Waals surface area contributed by atoms with E-state index in [1.807, 2.05) is 48.9 Å². The molecular weight excluding hydrogens is 242 g/mol. The van der Waals surface area contributed by atoms with Crippen LogP contribution in [0.25, 0.3) is 10.9 Å². The fraction of sp³-hybridized carbons (Fsp3) is 0.400. The molecule has 0 radical (unpaired) electrons. The number of aliphatic hydroxyl groups is 1. The summed E-state index contributed by atoms with van der Waals surface area (Å²) in [6.07, 6.45) is 1.88. The van der Waals surface area contributed by atoms with Crippen LogP contribution in [0.5, 0.6) is 0 Å². The maximum Gasteiger partial charge on any atom is 0.331 e. The zero-order valence-corrected chi connectivity index (χ0v) is 11.5. The lowest BCUT2D eigenvalue weighted by Gasteiger charge is -2.25. The second kappa shape index (κ2) is 5.05. The van der Waals surface area contributed by atoms with Gasteiger partial charge in [-0.05, 0) is 49.9 Å². The smallest absolute Gasteiger partial charge is 0.331 e. The van der Waals surface area contributed by atoms with Crippen LogP contribution in [0.1, 0.15) is 26.3 Å². The van der Waals surface area contributed by atoms with Crippen molar-refractivity contribution in [3.63, 3.8) is 0 Å². The average Bonchev–Trinajstić information content (AvgIpc) is 2.82. The lowest BCUT2D eigenvalue weighted by Crippen LogP contribution is -2.36. The first kappa shape index (κ1) is 13.6. The second-order valence-corrected chi connectivity index (χ2v) is 5.02. The van der Waals surface area contributed by atoms with Crippen molar-refractivity contribution < 1.29 is 14.6 Å². The third-order valence-corrected chi connectivity index (χ3v) is 3.31. The Bertz CT molecular complexity index is 598. The molecule has 0 fully saturated rings. The van der Waals surface area contributed by atoms with Gasteiger partial charge in [-0.2, -0.15) is 0 Å². The van der Waals surface area contributed by atoms with Crippen molar-refractivity contribution in [2.24, 2.45) is 0 Å². The Hall–Kier alpha value is -1.81. The number of carbonyl (C=O) groups is 1. The number of hydrogen-bond donors (Lipinski definition) is 1. The first-order valence-electron chi connectivity index (χ1n) is 6.39. The molecule has 2 aromatic rings. The highest BCUT2D eigenvalue weighted by atomic mass is 16.5. The van der Waals surface area contributed by atoms with Crippen molar-refractivity contribution in [1.82, 2.24) is 4.57 Å². The summed E-state index contributed by atoms with van der Waals surface area (Å²) in [6.45, 7) is 5.86. The minimum atomic E-state index is -0.751. The van der Waals surface area contributed by atoms with Gasteiger partial charge in [0.15, 0.2) is 0 Å². The molecule has 0 bridgehead atoms. The molecule has 0 aliphatic carbocycles. The molecule has 4 heteroatoms. The van der Waals surface area contributed by atoms with Gasteiger partial charge in [-0.1, -0.05) is 6.07 Å². The predicted molar refractivity (Wildman–Crippen MR) is 73.8 cm³/mol. The summed E-state index contributed by atoms with van der Waals surface area (Å²) in [5, 5.41) is 10.1. The molecule has 2 rings (SSSR count). The number of hydrogen-bond acceptors (Lipinski definition) is 3. The van der Waals surface area contributed by atoms with Crippen molar-refractivity contribution in [1.29, 1.82) is 0 Å². The van der Waals surface area contributed by atoms with Crippen LogP contribution in [0.4, 0.5) is 0 Å². The van der Waals surface area contributed by atoms with E-state index in [1.165, 1.54) is 0 Å². The highest BCUT2D eigenvalue weighted by molar-refractivity contribution is 5.85. The minimum absolute atomic E-state index is 0.0163. The Morgan fingerprint density at radius 2 is 2.11 bits per heavy atom. The van der Waals surface area contributed by atoms with Crippen molar-refractivity contribution in [3.05, 3.63) is 36.0 Å². The molecule has 0 spiro atoms. The van der Waals surface area contributed by atoms with Crippen LogP contribution in [0.15, 0.2) is 30.5 Å². The molecule has 0 amide bonds. The van der Waals surface area contributed by atoms with Gasteiger partial charge in [-0.25, -0.2) is 4.79 Å². The number of aromatic nitrogens is 1. The SMILES string of the molecule is CCOC(=O)C(C)(C)n1ccc2cc(CO)ccc21. The number of rotatable bonds is 4. The lowest BCUT2D eigenvalue weighted by molar-refractivity contribution is -0.151. The Balaban J connectivity index is 2.48. The number of fused-ring (bicyclic) bond motifs is 1. The molecule has 102 valence electrons. The molecule has 1 N–H and O–H groups in total. The molecular formula is C15H19NO3. The van der Waals surface area contributed by atoms with Gasteiger partial charge in [0.25, 0.3) is 0 Å². The molecule has 1 aromatic heterocycles. The number of aliphatic hydroxyl groups excluding tert-OH is 1. The topological polar surface area (TPSA) is 51.5 Å². The van der Waals surface area contributed by atoms with Crippen molar-refractivity contribution >= 4 is 16.9 Å². The number of carbonyl (C=O) groups excluding carboxylic acids is 1. The van der Waals surface area contributed by atoms with Crippen LogP contribution in [0.3, 0.4) is 0 Å². The monoisotopic (exact) mass is 261 g/mol. The van der Waals surface area contributed by atoms with Crippen LogP contribution >= 0.6 is 0 Å². The van der Waals surface area contributed by atoms with E-state index in [2.05, 4.69) is 0 Å². The van der Waals surface area contributed by atoms with Gasteiger partial charge in [-0.15, -0.1) is 0 Å². The average molecular weight is 261 g/mol. The van der Waals surface area contributed by atoms with Gasteiger partial charge in [0.1, 0.15) is 5.54 Å². The fourth-order valence-corrected chi connectivity index (χ4v) is 2.18. The summed E-state index contributed by atoms with van der Waals surface area (Å²) in [5.41, 5.74) is 1.06. The van der Waals surface area contributed by atoms with Gasteiger partial charge in [0.2, 0.25) is 0 Å². The number of ether oxygens (including phenoxy) is 1. The molecule has 0 aliphatic rings. The Morgan fingerprint density at radius 3 is 2.74 bits per heavy atom. The van der Waals surface area contributed by atoms with Gasteiger partial charge < -0.3 is 14.4 Å². The summed E-state index contributed by atoms with van der Waals surface area (Å²) < 4.78 is 7.03. The van der Waals surface area contributed by atoms with Crippen LogP contribution in [-0.4, -0.2) is 22.2 Å². The maximum atomic E-state index is 12.0. The molecule has 0 atom stereocenters. The molecule has 1 aromatic carbocycles. The fourth-order valence-electron chi connectivity index (χ4n) is 2.18. The highest BCUT2D eigenvalue weighted by Gasteiger charge is 2.31. The van der Waals surface area contributed by atoms with Crippen molar-refractivity contribution in [2.75, 3.05) is 6.61 Å². The van der Waals surface area contributed by atoms with Crippen molar-refractivity contribution in [2.45, 2.75) is 32.9 Å². The van der Waals surface area contributed by atoms with Crippen LogP contribution in [0, 0.1) is 0 Å². The minimum Gasteiger partial charge on any atom is -0.464 e. The lowest BCUT2D eigenvalue weighted by atomic mass is 10.1. The van der Waals surface area contributed by atoms with E-state index in [9.17, 15) is 4.79 Å². The maximum absolute atomic E-state index is 12.0. The molecule has 19 heavy (non-hydrogen) atoms. The predicted octanol–water partition coefficient (Wildman–Crippen LogP) is 2.43. The Kier molecular flexibility index (Phi) is 3.62. The Labute approximate surface area is 112 Å². The van der Waals surface area contributed by atoms with E-state index in [0.717, 1.165) is 16.5 Å². The normalized spacial score (nSPS) is 11.8. The first-order valence-corrected chi connectivity index (χ1v) is 6.39. The van der Waals surface area contributed by atoms with E-state index in [-0.39, 0.29) is 12.6 Å². The van der Waals surface area contributed by atoms with Crippen LogP contribution in [-0.2, 0) is 21.7 Å². The number of benzene rings is 1. The molecule has 4 nitrogen and oxygen atoms in total. The summed E-state index contributed by atoms with van der Waals surface area (Å²) in [7, 11) is 0. The molecule has 1 heterocycles. The molecule has 0 unspecified atom stereocenters. The molecule has 0 aliphatic heterocycles. The van der Waals surface area contributed by atoms with E-state index < -0.39 is 5.54 Å². The van der Waals surface area contributed by atoms with E-state index >= 15 is 0 Å². The van der Waals surface area contributed by atoms with E-state index in [0.29, 0.717) is 6.61 Å². The zero-order chi connectivity index (χ0) is 14.0. The van der Waals surface area contributed by atoms with E-state index in [1.54, 1.807) is 6.92 Å². The third kappa shape index (κ3) is 2.36. The quantitative estimate of drug-likeness (QED) is 0.860. The van der Waals surface area contributed by atoms with Crippen molar-refractivity contribution in [3.8, 4) is 0 Å². The number of esters is 1. The molecule has 0 saturated heterocycles. The van der Waals surface area contributed by atoms with Gasteiger partial charge in [0, 0.05) is 11.7 Å². The summed E-state index contributed by atoms with van der Waals surface area (Å²) in [4.78, 5) is 12.0. The summed E-state index contributed by atoms with van der Waals surface area (Å²) >= 11 is 0. The van der Waals surface area contributed by atoms with E-state index in [4.69, 9.17) is 9.84 Å². The van der Waals surface area contributed by atoms with Gasteiger partial charge >= 0.3 is 5.97 Å². The molecule has 0 saturated carbocycles. The standard InChI is InChI=1S/C15H19NO3/c1-4-19-14(18)15(2,3)16-8-7-12-9-11(10-17)5-6-13(12)16/h5-9,17H,4,10H2,1-3H3. The van der Waals surface area contributed by atoms with Crippen LogP contribution in [0.2, 0.25) is 0 Å². The van der Waals surface area contributed by atoms with Gasteiger partial charge in [-0.3, -0.25) is 0 Å². The second-order valence-electron chi connectivity index (χ2n) is 5.02. The summed E-state index contributed by atoms with van der Waals surface area (Å²) in [6, 6.07) is 7.64. The Morgan fingerprint density at radius 1 is 1.37 bits per heavy atom. The summed E-state index contributed by atoms with van der Waals surface area (Å²) in [5.74, 6) is -0.251. The zero-order valence-electron chi connectivity index (χ0n) is 11.5. The highest BCUT2D eigenvalue weighted by Crippen LogP contribution is 2.26.